The first-order chi connectivity index (χ1) is 10.8. The topological polar surface area (TPSA) is 15.8 Å². The minimum atomic E-state index is 1.20. The number of allylic oxidation sites excluding steroid dienone is 1. The molecule has 0 fully saturated rings. The van der Waals surface area contributed by atoms with Gasteiger partial charge in [-0.2, -0.15) is 12.6 Å². The van der Waals surface area contributed by atoms with Crippen molar-refractivity contribution >= 4 is 57.4 Å². The predicted molar refractivity (Wildman–Crippen MR) is 104 cm³/mol. The van der Waals surface area contributed by atoms with Crippen molar-refractivity contribution in [2.75, 3.05) is 6.26 Å². The molecular weight excluding hydrogens is 286 g/mol. The van der Waals surface area contributed by atoms with E-state index in [4.69, 9.17) is 0 Å². The third-order valence-corrected chi connectivity index (χ3v) is 4.06. The highest BCUT2D eigenvalue weighted by atomic mass is 32.1. The van der Waals surface area contributed by atoms with Crippen molar-refractivity contribution in [1.29, 1.82) is 0 Å². The molecule has 0 amide bonds. The molecule has 0 saturated carbocycles. The highest BCUT2D eigenvalue weighted by Crippen LogP contribution is 2.40. The Morgan fingerprint density at radius 2 is 1.45 bits per heavy atom. The van der Waals surface area contributed by atoms with E-state index in [0.29, 0.717) is 0 Å². The first-order valence-electron chi connectivity index (χ1n) is 7.33. The van der Waals surface area contributed by atoms with E-state index in [9.17, 15) is 0 Å². The Bertz CT molecular complexity index is 975. The maximum Gasteiger partial charge on any atom is 0.0471 e. The summed E-state index contributed by atoms with van der Waals surface area (Å²) in [5, 5.41) is 5.22. The second-order valence-electron chi connectivity index (χ2n) is 5.11. The molecule has 1 aromatic heterocycles. The number of thiol groups is 1. The van der Waals surface area contributed by atoms with Crippen molar-refractivity contribution in [3.63, 3.8) is 0 Å². The van der Waals surface area contributed by atoms with E-state index in [2.05, 4.69) is 79.7 Å². The molecule has 0 aliphatic heterocycles. The van der Waals surface area contributed by atoms with E-state index in [1.165, 1.54) is 43.7 Å². The Hall–Kier alpha value is -2.19. The van der Waals surface area contributed by atoms with E-state index >= 15 is 0 Å². The maximum absolute atomic E-state index is 4.02. The molecule has 0 aliphatic rings. The Morgan fingerprint density at radius 3 is 1.95 bits per heavy atom. The van der Waals surface area contributed by atoms with Crippen LogP contribution in [0.3, 0.4) is 0 Å². The smallest absolute Gasteiger partial charge is 0.0471 e. The van der Waals surface area contributed by atoms with Gasteiger partial charge in [-0.25, -0.2) is 0 Å². The number of rotatable bonds is 2. The van der Waals surface area contributed by atoms with Crippen molar-refractivity contribution in [2.24, 2.45) is 0 Å². The Balaban J connectivity index is 0.000000693. The highest BCUT2D eigenvalue weighted by Gasteiger charge is 2.15. The molecular formula is C20H19NS. The van der Waals surface area contributed by atoms with E-state index in [-0.39, 0.29) is 0 Å². The fraction of sp³-hybridized carbons (Fsp3) is 0.100. The zero-order valence-electron chi connectivity index (χ0n) is 12.9. The van der Waals surface area contributed by atoms with Crippen molar-refractivity contribution in [1.82, 2.24) is 4.98 Å². The third-order valence-electron chi connectivity index (χ3n) is 4.06. The summed E-state index contributed by atoms with van der Waals surface area (Å²) in [6, 6.07) is 12.9. The number of nitrogens with one attached hydrogen (secondary N) is 1. The fourth-order valence-electron chi connectivity index (χ4n) is 3.30. The number of H-pyrrole nitrogens is 1. The van der Waals surface area contributed by atoms with Gasteiger partial charge in [-0.15, -0.1) is 0 Å². The molecule has 0 saturated heterocycles. The van der Waals surface area contributed by atoms with Crippen LogP contribution >= 0.6 is 12.6 Å². The molecule has 4 rings (SSSR count). The molecule has 0 spiro atoms. The molecule has 1 nitrogen and oxygen atoms in total. The first-order valence-corrected chi connectivity index (χ1v) is 8.23. The zero-order valence-corrected chi connectivity index (χ0v) is 13.7. The van der Waals surface area contributed by atoms with Gasteiger partial charge in [0, 0.05) is 21.8 Å². The lowest BCUT2D eigenvalue weighted by molar-refractivity contribution is 1.55. The van der Waals surface area contributed by atoms with Gasteiger partial charge < -0.3 is 4.98 Å². The average molecular weight is 305 g/mol. The molecule has 0 radical (unpaired) electrons. The highest BCUT2D eigenvalue weighted by molar-refractivity contribution is 7.79. The standard InChI is InChI=1S/C19H15N.CH4S/c1-3-7-13-12(4-2)14-8-5-10-16-18(14)19-15(13)9-6-11-17(19)20-16;1-2/h3-11,20H,2H2,1H3;2H,1H3/b7-3-;. The quantitative estimate of drug-likeness (QED) is 0.327. The minimum Gasteiger partial charge on any atom is -0.354 e. The number of benzene rings is 3. The summed E-state index contributed by atoms with van der Waals surface area (Å²) >= 11 is 3.53. The van der Waals surface area contributed by atoms with Crippen LogP contribution in [0.5, 0.6) is 0 Å². The number of aromatic nitrogens is 1. The van der Waals surface area contributed by atoms with Crippen LogP contribution in [0.2, 0.25) is 0 Å². The van der Waals surface area contributed by atoms with E-state index in [1.807, 2.05) is 6.08 Å². The summed E-state index contributed by atoms with van der Waals surface area (Å²) in [6.45, 7) is 6.08. The summed E-state index contributed by atoms with van der Waals surface area (Å²) < 4.78 is 0. The van der Waals surface area contributed by atoms with Crippen molar-refractivity contribution in [2.45, 2.75) is 6.92 Å². The Morgan fingerprint density at radius 1 is 0.909 bits per heavy atom. The molecule has 3 aromatic carbocycles. The van der Waals surface area contributed by atoms with E-state index in [0.717, 1.165) is 0 Å². The summed E-state index contributed by atoms with van der Waals surface area (Å²) in [6.07, 6.45) is 7.94. The SMILES string of the molecule is C=Cc1c(/C=C\C)c2cccc3[nH]c4cccc1c4c32.CS. The summed E-state index contributed by atoms with van der Waals surface area (Å²) in [5.74, 6) is 0. The van der Waals surface area contributed by atoms with Gasteiger partial charge in [0.1, 0.15) is 0 Å². The Kier molecular flexibility index (Phi) is 3.95. The van der Waals surface area contributed by atoms with Crippen LogP contribution < -0.4 is 0 Å². The lowest BCUT2D eigenvalue weighted by atomic mass is 9.91. The van der Waals surface area contributed by atoms with Gasteiger partial charge in [-0.05, 0) is 47.2 Å². The lowest BCUT2D eigenvalue weighted by Gasteiger charge is -2.11. The summed E-state index contributed by atoms with van der Waals surface area (Å²) in [7, 11) is 0. The molecule has 1 heterocycles. The summed E-state index contributed by atoms with van der Waals surface area (Å²) in [5.41, 5.74) is 4.87. The predicted octanol–water partition coefficient (Wildman–Crippen LogP) is 6.13. The van der Waals surface area contributed by atoms with Crippen molar-refractivity contribution in [3.8, 4) is 0 Å². The van der Waals surface area contributed by atoms with Crippen LogP contribution in [0.15, 0.2) is 49.1 Å². The van der Waals surface area contributed by atoms with Gasteiger partial charge in [-0.3, -0.25) is 0 Å². The fourth-order valence-corrected chi connectivity index (χ4v) is 3.30. The molecule has 110 valence electrons. The van der Waals surface area contributed by atoms with Gasteiger partial charge in [0.15, 0.2) is 0 Å². The maximum atomic E-state index is 4.02. The number of hydrogen-bond donors (Lipinski definition) is 2. The molecule has 22 heavy (non-hydrogen) atoms. The van der Waals surface area contributed by atoms with Crippen LogP contribution in [0.25, 0.3) is 44.7 Å². The minimum absolute atomic E-state index is 1.20. The molecule has 0 unspecified atom stereocenters. The normalized spacial score (nSPS) is 11.4. The number of aromatic amines is 1. The van der Waals surface area contributed by atoms with Crippen molar-refractivity contribution in [3.05, 3.63) is 60.2 Å². The second-order valence-corrected chi connectivity index (χ2v) is 5.11. The molecule has 1 N–H and O–H groups in total. The van der Waals surface area contributed by atoms with Gasteiger partial charge in [0.25, 0.3) is 0 Å². The molecule has 4 aromatic rings. The van der Waals surface area contributed by atoms with Gasteiger partial charge in [-0.1, -0.05) is 49.1 Å². The number of hydrogen-bond acceptors (Lipinski definition) is 1. The van der Waals surface area contributed by atoms with E-state index < -0.39 is 0 Å². The van der Waals surface area contributed by atoms with Crippen LogP contribution in [-0.2, 0) is 0 Å². The van der Waals surface area contributed by atoms with Crippen molar-refractivity contribution < 1.29 is 0 Å². The van der Waals surface area contributed by atoms with Gasteiger partial charge in [0.2, 0.25) is 0 Å². The zero-order chi connectivity index (χ0) is 15.7. The van der Waals surface area contributed by atoms with E-state index in [1.54, 1.807) is 6.26 Å². The Labute approximate surface area is 136 Å². The lowest BCUT2D eigenvalue weighted by Crippen LogP contribution is -1.87. The molecule has 2 heteroatoms. The monoisotopic (exact) mass is 305 g/mol. The van der Waals surface area contributed by atoms with Crippen LogP contribution in [0, 0.1) is 0 Å². The van der Waals surface area contributed by atoms with Gasteiger partial charge >= 0.3 is 0 Å². The van der Waals surface area contributed by atoms with Crippen LogP contribution in [0.4, 0.5) is 0 Å². The largest absolute Gasteiger partial charge is 0.354 e. The van der Waals surface area contributed by atoms with Gasteiger partial charge in [0.05, 0.1) is 0 Å². The molecule has 0 bridgehead atoms. The average Bonchev–Trinajstić information content (AvgIpc) is 2.95. The second kappa shape index (κ2) is 5.90. The molecule has 0 aliphatic carbocycles. The molecule has 0 atom stereocenters. The summed E-state index contributed by atoms with van der Waals surface area (Å²) in [4.78, 5) is 3.52. The van der Waals surface area contributed by atoms with Crippen LogP contribution in [-0.4, -0.2) is 11.2 Å². The first kappa shape index (κ1) is 14.7. The van der Waals surface area contributed by atoms with Crippen LogP contribution in [0.1, 0.15) is 18.1 Å². The third kappa shape index (κ3) is 1.95.